The van der Waals surface area contributed by atoms with Crippen molar-refractivity contribution in [1.82, 2.24) is 19.9 Å². The van der Waals surface area contributed by atoms with Crippen molar-refractivity contribution in [3.63, 3.8) is 0 Å². The van der Waals surface area contributed by atoms with E-state index >= 15 is 0 Å². The van der Waals surface area contributed by atoms with Gasteiger partial charge < -0.3 is 4.52 Å². The van der Waals surface area contributed by atoms with E-state index in [0.29, 0.717) is 5.82 Å². The molecule has 1 atom stereocenters. The van der Waals surface area contributed by atoms with Gasteiger partial charge in [0.2, 0.25) is 11.7 Å². The largest absolute Gasteiger partial charge is 0.338 e. The van der Waals surface area contributed by atoms with E-state index in [1.54, 1.807) is 11.3 Å². The normalized spacial score (nSPS) is 24.1. The standard InChI is InChI=1S/C16H22N4OS/c1-2-8-20(7-1)14-4-3-6-19(10-14)11-15-17-16(18-21-15)13-5-9-22-12-13/h5,9,12,14H,1-4,6-8,10-11H2/t14-/m0/s1. The first-order valence-electron chi connectivity index (χ1n) is 8.20. The van der Waals surface area contributed by atoms with E-state index in [2.05, 4.69) is 25.3 Å². The van der Waals surface area contributed by atoms with Crippen LogP contribution in [0.25, 0.3) is 11.4 Å². The Kier molecular flexibility index (Phi) is 4.23. The summed E-state index contributed by atoms with van der Waals surface area (Å²) in [7, 11) is 0. The minimum Gasteiger partial charge on any atom is -0.338 e. The van der Waals surface area contributed by atoms with Crippen LogP contribution in [-0.2, 0) is 6.54 Å². The maximum Gasteiger partial charge on any atom is 0.241 e. The average Bonchev–Trinajstić information content (AvgIpc) is 3.29. The third-order valence-electron chi connectivity index (χ3n) is 4.74. The lowest BCUT2D eigenvalue weighted by atomic mass is 10.0. The highest BCUT2D eigenvalue weighted by atomic mass is 32.1. The molecule has 5 nitrogen and oxygen atoms in total. The lowest BCUT2D eigenvalue weighted by molar-refractivity contribution is 0.102. The second kappa shape index (κ2) is 6.48. The minimum atomic E-state index is 0.712. The number of hydrogen-bond donors (Lipinski definition) is 0. The molecule has 0 amide bonds. The van der Waals surface area contributed by atoms with Crippen LogP contribution in [0.5, 0.6) is 0 Å². The van der Waals surface area contributed by atoms with Crippen LogP contribution in [-0.4, -0.2) is 52.2 Å². The fourth-order valence-corrected chi connectivity index (χ4v) is 4.23. The Morgan fingerprint density at radius 1 is 1.23 bits per heavy atom. The van der Waals surface area contributed by atoms with Gasteiger partial charge in [-0.15, -0.1) is 0 Å². The Morgan fingerprint density at radius 2 is 2.14 bits per heavy atom. The van der Waals surface area contributed by atoms with Crippen molar-refractivity contribution >= 4 is 11.3 Å². The molecule has 2 aliphatic heterocycles. The van der Waals surface area contributed by atoms with E-state index in [-0.39, 0.29) is 0 Å². The van der Waals surface area contributed by atoms with Crippen LogP contribution < -0.4 is 0 Å². The smallest absolute Gasteiger partial charge is 0.241 e. The monoisotopic (exact) mass is 318 g/mol. The predicted molar refractivity (Wildman–Crippen MR) is 86.7 cm³/mol. The maximum absolute atomic E-state index is 5.44. The molecule has 0 spiro atoms. The molecule has 118 valence electrons. The van der Waals surface area contributed by atoms with E-state index in [9.17, 15) is 0 Å². The summed E-state index contributed by atoms with van der Waals surface area (Å²) in [4.78, 5) is 9.68. The fraction of sp³-hybridized carbons (Fsp3) is 0.625. The zero-order valence-corrected chi connectivity index (χ0v) is 13.6. The third kappa shape index (κ3) is 3.09. The van der Waals surface area contributed by atoms with Crippen LogP contribution in [0.3, 0.4) is 0 Å². The maximum atomic E-state index is 5.44. The number of likely N-dealkylation sites (tertiary alicyclic amines) is 2. The lowest BCUT2D eigenvalue weighted by Crippen LogP contribution is -2.46. The molecule has 2 aromatic rings. The summed E-state index contributed by atoms with van der Waals surface area (Å²) in [5.74, 6) is 1.45. The Labute approximate surface area is 134 Å². The van der Waals surface area contributed by atoms with Gasteiger partial charge in [-0.1, -0.05) is 5.16 Å². The molecule has 22 heavy (non-hydrogen) atoms. The SMILES string of the molecule is c1cc(-c2noc(CN3CCC[C@H](N4CCCC4)C3)n2)cs1. The zero-order valence-electron chi connectivity index (χ0n) is 12.8. The van der Waals surface area contributed by atoms with Gasteiger partial charge in [0.15, 0.2) is 0 Å². The number of piperidine rings is 1. The van der Waals surface area contributed by atoms with Crippen molar-refractivity contribution in [3.8, 4) is 11.4 Å². The van der Waals surface area contributed by atoms with E-state index in [4.69, 9.17) is 4.52 Å². The highest BCUT2D eigenvalue weighted by Gasteiger charge is 2.27. The van der Waals surface area contributed by atoms with Gasteiger partial charge in [0.1, 0.15) is 0 Å². The van der Waals surface area contributed by atoms with Gasteiger partial charge in [0.05, 0.1) is 6.54 Å². The summed E-state index contributed by atoms with van der Waals surface area (Å²) in [6.45, 7) is 5.61. The van der Waals surface area contributed by atoms with Crippen LogP contribution in [0.4, 0.5) is 0 Å². The molecule has 0 saturated carbocycles. The summed E-state index contributed by atoms with van der Waals surface area (Å²) in [6, 6.07) is 2.75. The van der Waals surface area contributed by atoms with Gasteiger partial charge in [-0.3, -0.25) is 9.80 Å². The molecule has 0 unspecified atom stereocenters. The molecular formula is C16H22N4OS. The van der Waals surface area contributed by atoms with Gasteiger partial charge in [0.25, 0.3) is 0 Å². The lowest BCUT2D eigenvalue weighted by Gasteiger charge is -2.36. The predicted octanol–water partition coefficient (Wildman–Crippen LogP) is 2.86. The van der Waals surface area contributed by atoms with E-state index in [1.807, 2.05) is 11.4 Å². The Hall–Kier alpha value is -1.24. The zero-order chi connectivity index (χ0) is 14.8. The molecule has 2 aliphatic rings. The van der Waals surface area contributed by atoms with Crippen LogP contribution >= 0.6 is 11.3 Å². The molecular weight excluding hydrogens is 296 g/mol. The number of rotatable bonds is 4. The molecule has 0 aliphatic carbocycles. The number of thiophene rings is 1. The Balaban J connectivity index is 1.38. The molecule has 6 heteroatoms. The third-order valence-corrected chi connectivity index (χ3v) is 5.43. The van der Waals surface area contributed by atoms with Gasteiger partial charge in [-0.25, -0.2) is 0 Å². The van der Waals surface area contributed by atoms with Crippen molar-refractivity contribution in [3.05, 3.63) is 22.7 Å². The summed E-state index contributed by atoms with van der Waals surface area (Å²) in [5.41, 5.74) is 1.05. The van der Waals surface area contributed by atoms with Gasteiger partial charge in [0, 0.05) is 23.5 Å². The van der Waals surface area contributed by atoms with Gasteiger partial charge in [-0.2, -0.15) is 16.3 Å². The average molecular weight is 318 g/mol. The van der Waals surface area contributed by atoms with Crippen molar-refractivity contribution in [2.24, 2.45) is 0 Å². The van der Waals surface area contributed by atoms with Gasteiger partial charge in [-0.05, 0) is 56.8 Å². The Morgan fingerprint density at radius 3 is 2.95 bits per heavy atom. The second-order valence-corrected chi connectivity index (χ2v) is 7.08. The molecule has 2 fully saturated rings. The quantitative estimate of drug-likeness (QED) is 0.867. The van der Waals surface area contributed by atoms with E-state index in [1.165, 1.54) is 38.8 Å². The molecule has 2 saturated heterocycles. The Bertz CT molecular complexity index is 591. The van der Waals surface area contributed by atoms with E-state index in [0.717, 1.165) is 37.1 Å². The van der Waals surface area contributed by atoms with Gasteiger partial charge >= 0.3 is 0 Å². The van der Waals surface area contributed by atoms with Crippen molar-refractivity contribution in [1.29, 1.82) is 0 Å². The van der Waals surface area contributed by atoms with Crippen LogP contribution in [0.15, 0.2) is 21.3 Å². The first kappa shape index (κ1) is 14.4. The first-order valence-corrected chi connectivity index (χ1v) is 9.14. The molecule has 0 aromatic carbocycles. The number of nitrogens with zero attached hydrogens (tertiary/aromatic N) is 4. The van der Waals surface area contributed by atoms with Crippen LogP contribution in [0.2, 0.25) is 0 Å². The molecule has 4 heterocycles. The summed E-state index contributed by atoms with van der Waals surface area (Å²) in [6.07, 6.45) is 5.33. The molecule has 4 rings (SSSR count). The van der Waals surface area contributed by atoms with Crippen molar-refractivity contribution in [2.75, 3.05) is 26.2 Å². The highest BCUT2D eigenvalue weighted by Crippen LogP contribution is 2.23. The van der Waals surface area contributed by atoms with Crippen molar-refractivity contribution in [2.45, 2.75) is 38.3 Å². The molecule has 0 bridgehead atoms. The van der Waals surface area contributed by atoms with Crippen LogP contribution in [0.1, 0.15) is 31.6 Å². The molecule has 2 aromatic heterocycles. The summed E-state index contributed by atoms with van der Waals surface area (Å²) in [5, 5.41) is 8.20. The number of hydrogen-bond acceptors (Lipinski definition) is 6. The summed E-state index contributed by atoms with van der Waals surface area (Å²) >= 11 is 1.66. The fourth-order valence-electron chi connectivity index (χ4n) is 3.60. The van der Waals surface area contributed by atoms with Crippen molar-refractivity contribution < 1.29 is 4.52 Å². The van der Waals surface area contributed by atoms with E-state index < -0.39 is 0 Å². The molecule has 0 radical (unpaired) electrons. The van der Waals surface area contributed by atoms with Crippen LogP contribution in [0, 0.1) is 0 Å². The minimum absolute atomic E-state index is 0.712. The highest BCUT2D eigenvalue weighted by molar-refractivity contribution is 7.08. The second-order valence-electron chi connectivity index (χ2n) is 6.30. The topological polar surface area (TPSA) is 45.4 Å². The molecule has 0 N–H and O–H groups in total. The summed E-state index contributed by atoms with van der Waals surface area (Å²) < 4.78 is 5.44. The first-order chi connectivity index (χ1) is 10.9. The number of aromatic nitrogens is 2.